The third-order valence-corrected chi connectivity index (χ3v) is 9.42. The number of nitrogens with zero attached hydrogens (tertiary/aromatic N) is 3. The summed E-state index contributed by atoms with van der Waals surface area (Å²) >= 11 is 1.29. The molecule has 1 aromatic heterocycles. The molecule has 1 N–H and O–H groups in total. The van der Waals surface area contributed by atoms with E-state index >= 15 is 0 Å². The molecule has 0 saturated carbocycles. The lowest BCUT2D eigenvalue weighted by molar-refractivity contribution is -0.134. The highest BCUT2D eigenvalue weighted by Crippen LogP contribution is 2.36. The van der Waals surface area contributed by atoms with Gasteiger partial charge in [0.25, 0.3) is 11.5 Å². The average Bonchev–Trinajstić information content (AvgIpc) is 3.76. The van der Waals surface area contributed by atoms with Crippen LogP contribution in [0, 0.1) is 0 Å². The number of benzene rings is 3. The molecule has 46 heavy (non-hydrogen) atoms. The minimum absolute atomic E-state index is 0.00139. The smallest absolute Gasteiger partial charge is 0.262 e. The lowest BCUT2D eigenvalue weighted by atomic mass is 10.1. The Morgan fingerprint density at radius 1 is 0.891 bits per heavy atom. The minimum atomic E-state index is -0.432. The predicted molar refractivity (Wildman–Crippen MR) is 169 cm³/mol. The first kappa shape index (κ1) is 29.9. The number of fused-ring (bicyclic) bond motifs is 3. The summed E-state index contributed by atoms with van der Waals surface area (Å²) in [5, 5.41) is 3.31. The van der Waals surface area contributed by atoms with Crippen molar-refractivity contribution >= 4 is 34.5 Å². The Morgan fingerprint density at radius 2 is 1.57 bits per heavy atom. The molecule has 0 unspecified atom stereocenters. The summed E-state index contributed by atoms with van der Waals surface area (Å²) in [6.07, 6.45) is 0.561. The number of ether oxygens (including phenoxy) is 5. The van der Waals surface area contributed by atoms with Gasteiger partial charge in [0.15, 0.2) is 28.2 Å². The van der Waals surface area contributed by atoms with Crippen LogP contribution in [0.2, 0.25) is 0 Å². The van der Waals surface area contributed by atoms with Gasteiger partial charge in [-0.3, -0.25) is 19.0 Å². The Hall–Kier alpha value is -4.75. The van der Waals surface area contributed by atoms with Gasteiger partial charge < -0.3 is 33.9 Å². The largest absolute Gasteiger partial charge is 0.454 e. The number of thioether (sulfide) groups is 1. The summed E-state index contributed by atoms with van der Waals surface area (Å²) in [6.45, 7) is 4.82. The second-order valence-corrected chi connectivity index (χ2v) is 12.2. The van der Waals surface area contributed by atoms with Crippen molar-refractivity contribution in [1.29, 1.82) is 0 Å². The average molecular weight is 645 g/mol. The molecule has 1 fully saturated rings. The molecule has 7 rings (SSSR count). The second-order valence-electron chi connectivity index (χ2n) is 11.0. The van der Waals surface area contributed by atoms with Crippen LogP contribution in [0.5, 0.6) is 23.0 Å². The molecule has 0 spiro atoms. The van der Waals surface area contributed by atoms with Crippen LogP contribution in [-0.2, 0) is 22.6 Å². The van der Waals surface area contributed by atoms with E-state index < -0.39 is 5.25 Å². The fraction of sp³-hybridized carbons (Fsp3) is 0.333. The SMILES string of the molecule is CC[C@H](Sc1nc2cc3c(cc2c(=O)n1Cc1ccc(C(=O)NCc2ccc4c(c2)OCO4)cc1)OCO3)C(=O)N1CCOCC1. The fourth-order valence-electron chi connectivity index (χ4n) is 5.52. The van der Waals surface area contributed by atoms with Gasteiger partial charge in [0.2, 0.25) is 19.5 Å². The minimum Gasteiger partial charge on any atom is -0.454 e. The molecule has 3 aliphatic rings. The highest BCUT2D eigenvalue weighted by molar-refractivity contribution is 8.00. The first-order valence-electron chi connectivity index (χ1n) is 15.1. The van der Waals surface area contributed by atoms with E-state index in [-0.39, 0.29) is 37.5 Å². The zero-order valence-corrected chi connectivity index (χ0v) is 26.0. The van der Waals surface area contributed by atoms with Crippen molar-refractivity contribution in [2.45, 2.75) is 36.8 Å². The molecule has 0 bridgehead atoms. The Balaban J connectivity index is 1.13. The third-order valence-electron chi connectivity index (χ3n) is 8.08. The van der Waals surface area contributed by atoms with E-state index in [1.165, 1.54) is 11.8 Å². The number of carbonyl (C=O) groups is 2. The first-order valence-corrected chi connectivity index (χ1v) is 16.0. The zero-order chi connectivity index (χ0) is 31.6. The van der Waals surface area contributed by atoms with E-state index in [4.69, 9.17) is 28.7 Å². The van der Waals surface area contributed by atoms with Crippen LogP contribution in [0.1, 0.15) is 34.8 Å². The zero-order valence-electron chi connectivity index (χ0n) is 25.2. The summed E-state index contributed by atoms with van der Waals surface area (Å²) in [4.78, 5) is 47.0. The number of aromatic nitrogens is 2. The molecule has 4 aromatic rings. The number of nitrogens with one attached hydrogen (secondary N) is 1. The van der Waals surface area contributed by atoms with E-state index in [9.17, 15) is 14.4 Å². The third kappa shape index (κ3) is 6.07. The Labute approximate surface area is 268 Å². The van der Waals surface area contributed by atoms with Crippen molar-refractivity contribution in [2.75, 3.05) is 39.9 Å². The Kier molecular flexibility index (Phi) is 8.41. The lowest BCUT2D eigenvalue weighted by Crippen LogP contribution is -2.44. The topological polar surface area (TPSA) is 130 Å². The molecule has 12 nitrogen and oxygen atoms in total. The van der Waals surface area contributed by atoms with Crippen LogP contribution in [0.15, 0.2) is 64.5 Å². The maximum Gasteiger partial charge on any atom is 0.262 e. The monoisotopic (exact) mass is 644 g/mol. The quantitative estimate of drug-likeness (QED) is 0.213. The van der Waals surface area contributed by atoms with E-state index in [1.54, 1.807) is 28.8 Å². The number of hydrogen-bond acceptors (Lipinski definition) is 10. The highest BCUT2D eigenvalue weighted by atomic mass is 32.2. The van der Waals surface area contributed by atoms with Crippen molar-refractivity contribution in [3.63, 3.8) is 0 Å². The number of morpholine rings is 1. The number of amides is 2. The molecule has 2 amide bonds. The molecule has 3 aliphatic heterocycles. The first-order chi connectivity index (χ1) is 22.5. The summed E-state index contributed by atoms with van der Waals surface area (Å²) in [5.74, 6) is 2.13. The summed E-state index contributed by atoms with van der Waals surface area (Å²) in [6, 6.07) is 16.0. The Morgan fingerprint density at radius 3 is 2.30 bits per heavy atom. The van der Waals surface area contributed by atoms with Gasteiger partial charge in [-0.25, -0.2) is 4.98 Å². The van der Waals surface area contributed by atoms with Crippen LogP contribution in [0.25, 0.3) is 10.9 Å². The molecule has 1 atom stereocenters. The summed E-state index contributed by atoms with van der Waals surface area (Å²) in [5.41, 5.74) is 2.38. The molecule has 3 aromatic carbocycles. The van der Waals surface area contributed by atoms with Gasteiger partial charge in [-0.05, 0) is 47.9 Å². The fourth-order valence-corrected chi connectivity index (χ4v) is 6.62. The molecule has 4 heterocycles. The van der Waals surface area contributed by atoms with Crippen LogP contribution in [-0.4, -0.2) is 71.4 Å². The van der Waals surface area contributed by atoms with Crippen molar-refractivity contribution in [3.8, 4) is 23.0 Å². The van der Waals surface area contributed by atoms with Crippen LogP contribution in [0.3, 0.4) is 0 Å². The molecule has 0 aliphatic carbocycles. The maximum atomic E-state index is 14.0. The summed E-state index contributed by atoms with van der Waals surface area (Å²) in [7, 11) is 0. The van der Waals surface area contributed by atoms with Crippen LogP contribution < -0.4 is 29.8 Å². The van der Waals surface area contributed by atoms with E-state index in [0.717, 1.165) is 11.1 Å². The molecular formula is C33H32N4O8S. The van der Waals surface area contributed by atoms with Gasteiger partial charge >= 0.3 is 0 Å². The Bertz CT molecular complexity index is 1860. The molecule has 0 radical (unpaired) electrons. The standard InChI is InChI=1S/C33H32N4O8S/c1-2-29(32(40)36-9-11-41-12-10-36)46-33-35-24-15-28-27(44-19-45-28)14-23(24)31(39)37(33)17-20-3-6-22(7-4-20)30(38)34-16-21-5-8-25-26(13-21)43-18-42-25/h3-8,13-15,29H,2,9-12,16-19H2,1H3,(H,34,38)/t29-/m0/s1. The van der Waals surface area contributed by atoms with Crippen molar-refractivity contribution in [1.82, 2.24) is 19.8 Å². The van der Waals surface area contributed by atoms with E-state index in [0.29, 0.717) is 83.9 Å². The van der Waals surface area contributed by atoms with Crippen molar-refractivity contribution in [2.24, 2.45) is 0 Å². The van der Waals surface area contributed by atoms with Crippen LogP contribution >= 0.6 is 11.8 Å². The highest BCUT2D eigenvalue weighted by Gasteiger charge is 2.28. The van der Waals surface area contributed by atoms with Gasteiger partial charge in [0.1, 0.15) is 0 Å². The second kappa shape index (κ2) is 12.9. The number of carbonyl (C=O) groups excluding carboxylic acids is 2. The van der Waals surface area contributed by atoms with Gasteiger partial charge in [-0.1, -0.05) is 36.9 Å². The van der Waals surface area contributed by atoms with Crippen molar-refractivity contribution < 1.29 is 33.3 Å². The van der Waals surface area contributed by atoms with Crippen molar-refractivity contribution in [3.05, 3.63) is 81.6 Å². The van der Waals surface area contributed by atoms with Gasteiger partial charge in [-0.15, -0.1) is 0 Å². The van der Waals surface area contributed by atoms with E-state index in [1.807, 2.05) is 42.2 Å². The van der Waals surface area contributed by atoms with Gasteiger partial charge in [0.05, 0.1) is 35.9 Å². The van der Waals surface area contributed by atoms with Crippen LogP contribution in [0.4, 0.5) is 0 Å². The maximum absolute atomic E-state index is 14.0. The lowest BCUT2D eigenvalue weighted by Gasteiger charge is -2.30. The molecule has 13 heteroatoms. The number of hydrogen-bond donors (Lipinski definition) is 1. The molecule has 1 saturated heterocycles. The molecular weight excluding hydrogens is 612 g/mol. The van der Waals surface area contributed by atoms with Gasteiger partial charge in [-0.2, -0.15) is 0 Å². The molecule has 238 valence electrons. The normalized spacial score (nSPS) is 15.6. The summed E-state index contributed by atoms with van der Waals surface area (Å²) < 4.78 is 28.8. The van der Waals surface area contributed by atoms with E-state index in [2.05, 4.69) is 5.32 Å². The number of rotatable bonds is 9. The van der Waals surface area contributed by atoms with Gasteiger partial charge in [0, 0.05) is 31.3 Å². The predicted octanol–water partition coefficient (Wildman–Crippen LogP) is 3.56.